The van der Waals surface area contributed by atoms with Gasteiger partial charge in [0.05, 0.1) is 21.2 Å². The number of hydrogen-bond donors (Lipinski definition) is 0. The summed E-state index contributed by atoms with van der Waals surface area (Å²) in [5.74, 6) is -2.61. The first-order valence-electron chi connectivity index (χ1n) is 7.93. The summed E-state index contributed by atoms with van der Waals surface area (Å²) >= 11 is 11.8. The Hall–Kier alpha value is -2.70. The summed E-state index contributed by atoms with van der Waals surface area (Å²) in [5, 5.41) is 0.254. The minimum atomic E-state index is -1.21. The molecular weight excluding hydrogens is 393 g/mol. The van der Waals surface area contributed by atoms with Crippen LogP contribution >= 0.6 is 23.2 Å². The number of Topliss-reactive ketones (excluding diaryl/α,β-unsaturated/α-hetero) is 1. The fourth-order valence-electron chi connectivity index (χ4n) is 2.67. The van der Waals surface area contributed by atoms with Gasteiger partial charge >= 0.3 is 5.97 Å². The lowest BCUT2D eigenvalue weighted by Gasteiger charge is -2.20. The van der Waals surface area contributed by atoms with E-state index >= 15 is 0 Å². The van der Waals surface area contributed by atoms with Gasteiger partial charge in [0.25, 0.3) is 11.8 Å². The third-order valence-electron chi connectivity index (χ3n) is 4.13. The van der Waals surface area contributed by atoms with Crippen LogP contribution in [0.3, 0.4) is 0 Å². The van der Waals surface area contributed by atoms with Crippen LogP contribution in [0.1, 0.15) is 38.0 Å². The summed E-state index contributed by atoms with van der Waals surface area (Å²) in [5.41, 5.74) is 0.520. The highest BCUT2D eigenvalue weighted by Crippen LogP contribution is 2.32. The smallest absolute Gasteiger partial charge is 0.329 e. The highest BCUT2D eigenvalue weighted by atomic mass is 35.5. The van der Waals surface area contributed by atoms with E-state index in [0.29, 0.717) is 5.56 Å². The molecule has 6 nitrogen and oxygen atoms in total. The summed E-state index contributed by atoms with van der Waals surface area (Å²) < 4.78 is 4.99. The van der Waals surface area contributed by atoms with E-state index < -0.39 is 36.2 Å². The molecule has 1 heterocycles. The first-order chi connectivity index (χ1) is 12.8. The number of fused-ring (bicyclic) bond motifs is 1. The summed E-state index contributed by atoms with van der Waals surface area (Å²) in [7, 11) is 0. The van der Waals surface area contributed by atoms with Crippen molar-refractivity contribution >= 4 is 46.8 Å². The van der Waals surface area contributed by atoms with Crippen LogP contribution in [0.5, 0.6) is 0 Å². The minimum absolute atomic E-state index is 0.0643. The molecule has 0 fully saturated rings. The minimum Gasteiger partial charge on any atom is -0.456 e. The van der Waals surface area contributed by atoms with Crippen LogP contribution < -0.4 is 0 Å². The summed E-state index contributed by atoms with van der Waals surface area (Å²) in [6.45, 7) is 0.855. The monoisotopic (exact) mass is 405 g/mol. The second kappa shape index (κ2) is 7.50. The topological polar surface area (TPSA) is 80.8 Å². The van der Waals surface area contributed by atoms with Crippen molar-refractivity contribution in [3.05, 3.63) is 69.2 Å². The maximum atomic E-state index is 12.5. The van der Waals surface area contributed by atoms with Crippen LogP contribution in [0.2, 0.25) is 10.0 Å². The number of halogens is 2. The Morgan fingerprint density at radius 3 is 2.04 bits per heavy atom. The number of carbonyl (C=O) groups is 4. The highest BCUT2D eigenvalue weighted by molar-refractivity contribution is 6.43. The summed E-state index contributed by atoms with van der Waals surface area (Å²) in [6.07, 6.45) is 0. The Balaban J connectivity index is 1.71. The number of hydrogen-bond acceptors (Lipinski definition) is 5. The van der Waals surface area contributed by atoms with Gasteiger partial charge in [-0.15, -0.1) is 0 Å². The number of esters is 1. The van der Waals surface area contributed by atoms with E-state index in [1.165, 1.54) is 19.1 Å². The number of benzene rings is 2. The maximum Gasteiger partial charge on any atom is 0.329 e. The lowest BCUT2D eigenvalue weighted by Crippen LogP contribution is -2.44. The molecule has 1 aliphatic heterocycles. The second-order valence-corrected chi connectivity index (χ2v) is 6.68. The van der Waals surface area contributed by atoms with Gasteiger partial charge in [-0.3, -0.25) is 19.3 Å². The van der Waals surface area contributed by atoms with Gasteiger partial charge in [0.1, 0.15) is 6.04 Å². The Labute approximate surface area is 164 Å². The average molecular weight is 406 g/mol. The van der Waals surface area contributed by atoms with Crippen molar-refractivity contribution in [3.63, 3.8) is 0 Å². The molecular formula is C19H13Cl2NO5. The molecule has 2 amide bonds. The number of rotatable bonds is 5. The van der Waals surface area contributed by atoms with E-state index in [0.717, 1.165) is 4.90 Å². The zero-order chi connectivity index (χ0) is 19.7. The van der Waals surface area contributed by atoms with Gasteiger partial charge in [0, 0.05) is 5.56 Å². The van der Waals surface area contributed by atoms with Gasteiger partial charge in [-0.1, -0.05) is 53.5 Å². The zero-order valence-corrected chi connectivity index (χ0v) is 15.6. The van der Waals surface area contributed by atoms with Crippen LogP contribution in [0.4, 0.5) is 0 Å². The molecule has 138 valence electrons. The molecule has 1 aliphatic rings. The number of amides is 2. The fourth-order valence-corrected chi connectivity index (χ4v) is 3.00. The first kappa shape index (κ1) is 19.1. The fraction of sp³-hybridized carbons (Fsp3) is 0.158. The lowest BCUT2D eigenvalue weighted by molar-refractivity contribution is -0.146. The van der Waals surface area contributed by atoms with Crippen molar-refractivity contribution in [2.75, 3.05) is 6.61 Å². The molecule has 27 heavy (non-hydrogen) atoms. The van der Waals surface area contributed by atoms with Gasteiger partial charge in [-0.2, -0.15) is 0 Å². The van der Waals surface area contributed by atoms with Crippen LogP contribution in [0, 0.1) is 0 Å². The van der Waals surface area contributed by atoms with Crippen LogP contribution in [0.25, 0.3) is 0 Å². The van der Waals surface area contributed by atoms with Crippen LogP contribution in [0.15, 0.2) is 42.5 Å². The summed E-state index contributed by atoms with van der Waals surface area (Å²) in [6, 6.07) is 9.69. The van der Waals surface area contributed by atoms with Crippen molar-refractivity contribution < 1.29 is 23.9 Å². The van der Waals surface area contributed by atoms with Crippen molar-refractivity contribution in [1.29, 1.82) is 0 Å². The number of nitrogens with zero attached hydrogens (tertiary/aromatic N) is 1. The van der Waals surface area contributed by atoms with E-state index in [2.05, 4.69) is 0 Å². The van der Waals surface area contributed by atoms with Crippen LogP contribution in [-0.4, -0.2) is 41.1 Å². The molecule has 1 unspecified atom stereocenters. The molecule has 0 aromatic heterocycles. The predicted molar refractivity (Wildman–Crippen MR) is 98.2 cm³/mol. The normalized spacial score (nSPS) is 14.1. The SMILES string of the molecule is CC(C(=O)OCC(=O)c1ccccc1)N1C(=O)c2cc(Cl)c(Cl)cc2C1=O. The Morgan fingerprint density at radius 2 is 1.52 bits per heavy atom. The van der Waals surface area contributed by atoms with E-state index in [1.807, 2.05) is 0 Å². The standard InChI is InChI=1S/C19H13Cl2NO5/c1-10(19(26)27-9-16(23)11-5-3-2-4-6-11)22-17(24)12-7-14(20)15(21)8-13(12)18(22)25/h2-8,10H,9H2,1H3. The van der Waals surface area contributed by atoms with Crippen molar-refractivity contribution in [1.82, 2.24) is 4.90 Å². The van der Waals surface area contributed by atoms with Gasteiger partial charge in [-0.25, -0.2) is 4.79 Å². The summed E-state index contributed by atoms with van der Waals surface area (Å²) in [4.78, 5) is 50.1. The Morgan fingerprint density at radius 1 is 1.00 bits per heavy atom. The molecule has 2 aromatic carbocycles. The third-order valence-corrected chi connectivity index (χ3v) is 4.85. The van der Waals surface area contributed by atoms with Crippen molar-refractivity contribution in [3.8, 4) is 0 Å². The molecule has 0 bridgehead atoms. The van der Waals surface area contributed by atoms with E-state index in [1.54, 1.807) is 30.3 Å². The van der Waals surface area contributed by atoms with E-state index in [4.69, 9.17) is 27.9 Å². The number of ether oxygens (including phenoxy) is 1. The molecule has 0 spiro atoms. The van der Waals surface area contributed by atoms with E-state index in [9.17, 15) is 19.2 Å². The zero-order valence-electron chi connectivity index (χ0n) is 14.1. The molecule has 0 aliphatic carbocycles. The predicted octanol–water partition coefficient (Wildman–Crippen LogP) is 3.40. The highest BCUT2D eigenvalue weighted by Gasteiger charge is 2.42. The van der Waals surface area contributed by atoms with Gasteiger partial charge < -0.3 is 4.74 Å². The van der Waals surface area contributed by atoms with Crippen molar-refractivity contribution in [2.45, 2.75) is 13.0 Å². The van der Waals surface area contributed by atoms with Gasteiger partial charge in [0.15, 0.2) is 12.4 Å². The van der Waals surface area contributed by atoms with E-state index in [-0.39, 0.29) is 21.2 Å². The molecule has 0 radical (unpaired) electrons. The number of imide groups is 1. The average Bonchev–Trinajstić information content (AvgIpc) is 2.90. The first-order valence-corrected chi connectivity index (χ1v) is 8.68. The lowest BCUT2D eigenvalue weighted by atomic mass is 10.1. The van der Waals surface area contributed by atoms with Gasteiger partial charge in [0.2, 0.25) is 0 Å². The quantitative estimate of drug-likeness (QED) is 0.432. The van der Waals surface area contributed by atoms with Crippen LogP contribution in [-0.2, 0) is 9.53 Å². The number of carbonyl (C=O) groups excluding carboxylic acids is 4. The molecule has 1 atom stereocenters. The molecule has 0 saturated carbocycles. The molecule has 8 heteroatoms. The maximum absolute atomic E-state index is 12.5. The molecule has 0 N–H and O–H groups in total. The Kier molecular flexibility index (Phi) is 5.30. The second-order valence-electron chi connectivity index (χ2n) is 5.87. The van der Waals surface area contributed by atoms with Crippen molar-refractivity contribution in [2.24, 2.45) is 0 Å². The largest absolute Gasteiger partial charge is 0.456 e. The van der Waals surface area contributed by atoms with Gasteiger partial charge in [-0.05, 0) is 19.1 Å². The molecule has 3 rings (SSSR count). The third kappa shape index (κ3) is 3.59. The molecule has 2 aromatic rings. The molecule has 0 saturated heterocycles. The Bertz CT molecular complexity index is 917. The number of ketones is 1.